The van der Waals surface area contributed by atoms with Crippen LogP contribution in [-0.4, -0.2) is 44.2 Å². The monoisotopic (exact) mass is 708 g/mol. The van der Waals surface area contributed by atoms with E-state index in [0.717, 1.165) is 67.2 Å². The Morgan fingerprint density at radius 1 is 0.556 bits per heavy atom. The van der Waals surface area contributed by atoms with Crippen LogP contribution in [-0.2, 0) is 22.7 Å². The summed E-state index contributed by atoms with van der Waals surface area (Å²) < 4.78 is 14.7. The molecule has 9 nitrogen and oxygen atoms in total. The molecule has 0 radical (unpaired) electrons. The molecule has 4 aromatic carbocycles. The number of aliphatic hydroxyl groups excluding tert-OH is 1. The normalized spacial score (nSPS) is 10.8. The number of methoxy groups -OCH3 is 1. The topological polar surface area (TPSA) is 121 Å². The Balaban J connectivity index is 0.000000168. The van der Waals surface area contributed by atoms with Gasteiger partial charge in [-0.1, -0.05) is 60.7 Å². The van der Waals surface area contributed by atoms with E-state index in [0.29, 0.717) is 30.9 Å². The predicted octanol–water partition coefficient (Wildman–Crippen LogP) is 8.74. The third kappa shape index (κ3) is 8.26. The number of rotatable bonds is 10. The van der Waals surface area contributed by atoms with Crippen LogP contribution >= 0.6 is 0 Å². The van der Waals surface area contributed by atoms with Gasteiger partial charge in [0.15, 0.2) is 0 Å². The summed E-state index contributed by atoms with van der Waals surface area (Å²) in [4.78, 5) is 9.34. The molecule has 0 bridgehead atoms. The molecular weight excluding hydrogens is 673 g/mol. The van der Waals surface area contributed by atoms with Crippen molar-refractivity contribution in [2.45, 2.75) is 13.2 Å². The Morgan fingerprint density at radius 3 is 1.72 bits per heavy atom. The van der Waals surface area contributed by atoms with Gasteiger partial charge in [-0.15, -0.1) is 0 Å². The van der Waals surface area contributed by atoms with E-state index in [4.69, 9.17) is 25.0 Å². The number of hydrogen-bond donors (Lipinski definition) is 1. The highest BCUT2D eigenvalue weighted by Crippen LogP contribution is 2.26. The maximum atomic E-state index is 9.31. The van der Waals surface area contributed by atoms with Crippen molar-refractivity contribution in [1.29, 1.82) is 10.5 Å². The zero-order valence-electron chi connectivity index (χ0n) is 29.6. The lowest BCUT2D eigenvalue weighted by Crippen LogP contribution is -2.01. The number of nitrogens with zero attached hydrogens (tertiary/aromatic N) is 6. The van der Waals surface area contributed by atoms with Crippen molar-refractivity contribution in [3.63, 3.8) is 0 Å². The molecule has 0 fully saturated rings. The molecule has 8 aromatic rings. The van der Waals surface area contributed by atoms with Crippen LogP contribution in [0.2, 0.25) is 0 Å². The molecule has 0 saturated heterocycles. The minimum atomic E-state index is 0.0317. The van der Waals surface area contributed by atoms with Crippen LogP contribution in [0.4, 0.5) is 0 Å². The summed E-state index contributed by atoms with van der Waals surface area (Å²) in [5.41, 5.74) is 13.0. The van der Waals surface area contributed by atoms with Crippen molar-refractivity contribution in [3.8, 4) is 56.9 Å². The third-order valence-corrected chi connectivity index (χ3v) is 8.90. The van der Waals surface area contributed by atoms with Crippen molar-refractivity contribution in [2.24, 2.45) is 0 Å². The first-order chi connectivity index (χ1) is 26.5. The van der Waals surface area contributed by atoms with Gasteiger partial charge in [0.25, 0.3) is 0 Å². The fourth-order valence-electron chi connectivity index (χ4n) is 6.09. The van der Waals surface area contributed by atoms with Gasteiger partial charge >= 0.3 is 0 Å². The summed E-state index contributed by atoms with van der Waals surface area (Å²) in [7, 11) is 1.67. The van der Waals surface area contributed by atoms with Gasteiger partial charge in [-0.25, -0.2) is 9.97 Å². The summed E-state index contributed by atoms with van der Waals surface area (Å²) >= 11 is 0. The Hall–Kier alpha value is -6.88. The quantitative estimate of drug-likeness (QED) is 0.141. The maximum absolute atomic E-state index is 9.31. The molecule has 0 aliphatic rings. The van der Waals surface area contributed by atoms with Crippen molar-refractivity contribution >= 4 is 11.3 Å². The number of aliphatic hydroxyl groups is 1. The van der Waals surface area contributed by atoms with Crippen LogP contribution in [0.1, 0.15) is 22.3 Å². The van der Waals surface area contributed by atoms with E-state index >= 15 is 0 Å². The molecule has 54 heavy (non-hydrogen) atoms. The van der Waals surface area contributed by atoms with E-state index in [2.05, 4.69) is 47.6 Å². The lowest BCUT2D eigenvalue weighted by Gasteiger charge is -2.07. The molecule has 4 aromatic heterocycles. The van der Waals surface area contributed by atoms with Gasteiger partial charge in [0.1, 0.15) is 11.3 Å². The number of pyridine rings is 2. The molecule has 0 atom stereocenters. The van der Waals surface area contributed by atoms with Crippen LogP contribution in [0.25, 0.3) is 56.1 Å². The first-order valence-corrected chi connectivity index (χ1v) is 17.4. The van der Waals surface area contributed by atoms with Gasteiger partial charge in [0, 0.05) is 43.0 Å². The number of benzene rings is 4. The Kier molecular flexibility index (Phi) is 10.9. The largest absolute Gasteiger partial charge is 0.392 e. The van der Waals surface area contributed by atoms with Gasteiger partial charge in [-0.05, 0) is 94.0 Å². The van der Waals surface area contributed by atoms with E-state index in [1.807, 2.05) is 106 Å². The number of aromatic nitrogens is 4. The van der Waals surface area contributed by atoms with E-state index < -0.39 is 0 Å². The second-order valence-corrected chi connectivity index (χ2v) is 12.6. The zero-order chi connectivity index (χ0) is 37.3. The predicted molar refractivity (Wildman–Crippen MR) is 209 cm³/mol. The molecule has 8 rings (SSSR count). The molecule has 0 amide bonds. The highest BCUT2D eigenvalue weighted by Gasteiger charge is 2.09. The highest BCUT2D eigenvalue weighted by molar-refractivity contribution is 5.70. The molecule has 0 spiro atoms. The smallest absolute Gasteiger partial charge is 0.137 e. The van der Waals surface area contributed by atoms with Crippen molar-refractivity contribution in [1.82, 2.24) is 18.8 Å². The lowest BCUT2D eigenvalue weighted by molar-refractivity contribution is 0.0617. The Morgan fingerprint density at radius 2 is 1.11 bits per heavy atom. The van der Waals surface area contributed by atoms with Crippen molar-refractivity contribution in [3.05, 3.63) is 168 Å². The van der Waals surface area contributed by atoms with Crippen LogP contribution < -0.4 is 0 Å². The average molecular weight is 709 g/mol. The standard InChI is InChI=1S/C24H21N3O2.C21H15N3O/c1-28-10-11-29-17-19-5-3-6-20(13-19)22-8-9-24-26-23(16-27(24)15-22)21-7-2-4-18(12-21)14-25;22-11-15-4-6-17(7-5-15)20-13-24-12-19(8-9-21(24)23-20)18-3-1-2-16(10-18)14-25/h2-9,12-13,15-16H,10-11,17H2,1H3;1-10,12-13,25H,14H2. The number of ether oxygens (including phenoxy) is 2. The third-order valence-electron chi connectivity index (χ3n) is 8.90. The van der Waals surface area contributed by atoms with E-state index in [1.165, 1.54) is 0 Å². The number of fused-ring (bicyclic) bond motifs is 2. The summed E-state index contributed by atoms with van der Waals surface area (Å²) in [5, 5.41) is 27.3. The van der Waals surface area contributed by atoms with Gasteiger partial charge in [0.2, 0.25) is 0 Å². The number of hydrogen-bond acceptors (Lipinski definition) is 7. The maximum Gasteiger partial charge on any atom is 0.137 e. The van der Waals surface area contributed by atoms with Gasteiger partial charge in [-0.2, -0.15) is 10.5 Å². The molecule has 264 valence electrons. The summed E-state index contributed by atoms with van der Waals surface area (Å²) in [6.07, 6.45) is 8.08. The first-order valence-electron chi connectivity index (χ1n) is 17.4. The molecular formula is C45H36N6O3. The van der Waals surface area contributed by atoms with Crippen LogP contribution in [0.15, 0.2) is 146 Å². The molecule has 0 aliphatic heterocycles. The molecule has 4 heterocycles. The van der Waals surface area contributed by atoms with Crippen LogP contribution in [0, 0.1) is 22.7 Å². The Bertz CT molecular complexity index is 2630. The fourth-order valence-corrected chi connectivity index (χ4v) is 6.09. The van der Waals surface area contributed by atoms with Crippen LogP contribution in [0.5, 0.6) is 0 Å². The first kappa shape index (κ1) is 35.5. The fraction of sp³-hybridized carbons (Fsp3) is 0.111. The molecule has 9 heteroatoms. The summed E-state index contributed by atoms with van der Waals surface area (Å²) in [6, 6.07) is 43.5. The number of imidazole rings is 2. The lowest BCUT2D eigenvalue weighted by atomic mass is 10.1. The van der Waals surface area contributed by atoms with E-state index in [-0.39, 0.29) is 6.61 Å². The summed E-state index contributed by atoms with van der Waals surface area (Å²) in [6.45, 7) is 1.77. The van der Waals surface area contributed by atoms with Crippen LogP contribution in [0.3, 0.4) is 0 Å². The van der Waals surface area contributed by atoms with Crippen molar-refractivity contribution < 1.29 is 14.6 Å². The zero-order valence-corrected chi connectivity index (χ0v) is 29.6. The molecule has 1 N–H and O–H groups in total. The van der Waals surface area contributed by atoms with E-state index in [1.54, 1.807) is 25.3 Å². The van der Waals surface area contributed by atoms with Crippen molar-refractivity contribution in [2.75, 3.05) is 20.3 Å². The molecule has 0 saturated carbocycles. The second-order valence-electron chi connectivity index (χ2n) is 12.6. The highest BCUT2D eigenvalue weighted by atomic mass is 16.5. The van der Waals surface area contributed by atoms with Gasteiger partial charge in [0.05, 0.1) is 61.1 Å². The number of nitriles is 2. The molecule has 0 aliphatic carbocycles. The summed E-state index contributed by atoms with van der Waals surface area (Å²) in [5.74, 6) is 0. The minimum Gasteiger partial charge on any atom is -0.392 e. The SMILES string of the molecule is COCCOCc1cccc(-c2ccc3nc(-c4cccc(C#N)c4)cn3c2)c1.N#Cc1ccc(-c2cn3cc(-c4cccc(CO)c4)ccc3n2)cc1. The second kappa shape index (κ2) is 16.6. The Labute approximate surface area is 313 Å². The van der Waals surface area contributed by atoms with Gasteiger partial charge < -0.3 is 23.4 Å². The minimum absolute atomic E-state index is 0.0317. The average Bonchev–Trinajstić information content (AvgIpc) is 3.87. The van der Waals surface area contributed by atoms with Gasteiger partial charge in [-0.3, -0.25) is 0 Å². The molecule has 0 unspecified atom stereocenters. The van der Waals surface area contributed by atoms with E-state index in [9.17, 15) is 5.11 Å².